The SMILES string of the molecule is COCCN(CCC(=O)OC)c1cc(N)ccn1. The Kier molecular flexibility index (Phi) is 5.93. The summed E-state index contributed by atoms with van der Waals surface area (Å²) >= 11 is 0. The number of methoxy groups -OCH3 is 2. The van der Waals surface area contributed by atoms with Gasteiger partial charge in [0.1, 0.15) is 5.82 Å². The number of ether oxygens (including phenoxy) is 2. The molecule has 6 nitrogen and oxygen atoms in total. The zero-order valence-corrected chi connectivity index (χ0v) is 10.8. The molecule has 1 aromatic heterocycles. The lowest BCUT2D eigenvalue weighted by atomic mass is 10.3. The van der Waals surface area contributed by atoms with Crippen LogP contribution in [0.1, 0.15) is 6.42 Å². The number of aromatic nitrogens is 1. The lowest BCUT2D eigenvalue weighted by molar-refractivity contribution is -0.140. The van der Waals surface area contributed by atoms with Crippen LogP contribution in [0, 0.1) is 0 Å². The molecule has 0 unspecified atom stereocenters. The second-order valence-corrected chi connectivity index (χ2v) is 3.75. The average molecular weight is 253 g/mol. The maximum Gasteiger partial charge on any atom is 0.307 e. The molecule has 1 rings (SSSR count). The minimum Gasteiger partial charge on any atom is -0.469 e. The van der Waals surface area contributed by atoms with Gasteiger partial charge >= 0.3 is 5.97 Å². The first-order chi connectivity index (χ1) is 8.67. The summed E-state index contributed by atoms with van der Waals surface area (Å²) in [7, 11) is 3.01. The van der Waals surface area contributed by atoms with Crippen LogP contribution < -0.4 is 10.6 Å². The Bertz CT molecular complexity index is 385. The Hall–Kier alpha value is -1.82. The Morgan fingerprint density at radius 2 is 2.22 bits per heavy atom. The highest BCUT2D eigenvalue weighted by molar-refractivity contribution is 5.70. The Morgan fingerprint density at radius 3 is 2.83 bits per heavy atom. The molecule has 0 atom stereocenters. The third-order valence-corrected chi connectivity index (χ3v) is 2.47. The monoisotopic (exact) mass is 253 g/mol. The summed E-state index contributed by atoms with van der Waals surface area (Å²) in [6, 6.07) is 3.49. The largest absolute Gasteiger partial charge is 0.469 e. The minimum absolute atomic E-state index is 0.249. The summed E-state index contributed by atoms with van der Waals surface area (Å²) < 4.78 is 9.66. The molecule has 2 N–H and O–H groups in total. The van der Waals surface area contributed by atoms with Crippen molar-refractivity contribution in [3.8, 4) is 0 Å². The van der Waals surface area contributed by atoms with Crippen LogP contribution in [0.25, 0.3) is 0 Å². The molecule has 0 amide bonds. The van der Waals surface area contributed by atoms with Crippen molar-refractivity contribution in [3.63, 3.8) is 0 Å². The maximum atomic E-state index is 11.2. The van der Waals surface area contributed by atoms with Crippen LogP contribution in [0.4, 0.5) is 11.5 Å². The third-order valence-electron chi connectivity index (χ3n) is 2.47. The van der Waals surface area contributed by atoms with E-state index >= 15 is 0 Å². The van der Waals surface area contributed by atoms with E-state index in [0.29, 0.717) is 31.8 Å². The van der Waals surface area contributed by atoms with Gasteiger partial charge in [-0.25, -0.2) is 4.98 Å². The summed E-state index contributed by atoms with van der Waals surface area (Å²) in [5, 5.41) is 0. The average Bonchev–Trinajstić information content (AvgIpc) is 2.38. The van der Waals surface area contributed by atoms with Gasteiger partial charge in [-0.2, -0.15) is 0 Å². The molecule has 6 heteroatoms. The molecule has 0 fully saturated rings. The van der Waals surface area contributed by atoms with E-state index in [1.54, 1.807) is 25.4 Å². The molecule has 1 heterocycles. The lowest BCUT2D eigenvalue weighted by Gasteiger charge is -2.23. The van der Waals surface area contributed by atoms with Crippen molar-refractivity contribution in [2.45, 2.75) is 6.42 Å². The number of rotatable bonds is 7. The fraction of sp³-hybridized carbons (Fsp3) is 0.500. The van der Waals surface area contributed by atoms with E-state index in [4.69, 9.17) is 10.5 Å². The van der Waals surface area contributed by atoms with Crippen molar-refractivity contribution < 1.29 is 14.3 Å². The van der Waals surface area contributed by atoms with Gasteiger partial charge in [-0.05, 0) is 6.07 Å². The van der Waals surface area contributed by atoms with Gasteiger partial charge in [-0.15, -0.1) is 0 Å². The highest BCUT2D eigenvalue weighted by Crippen LogP contribution is 2.14. The number of pyridine rings is 1. The number of anilines is 2. The van der Waals surface area contributed by atoms with Crippen molar-refractivity contribution in [2.75, 3.05) is 44.5 Å². The molecule has 0 aromatic carbocycles. The summed E-state index contributed by atoms with van der Waals surface area (Å²) in [6.07, 6.45) is 1.94. The fourth-order valence-electron chi connectivity index (χ4n) is 1.48. The molecule has 0 saturated heterocycles. The van der Waals surface area contributed by atoms with Crippen LogP contribution in [0.5, 0.6) is 0 Å². The van der Waals surface area contributed by atoms with Gasteiger partial charge in [-0.3, -0.25) is 4.79 Å². The van der Waals surface area contributed by atoms with Crippen molar-refractivity contribution in [1.29, 1.82) is 0 Å². The Morgan fingerprint density at radius 1 is 1.44 bits per heavy atom. The number of carbonyl (C=O) groups is 1. The van der Waals surface area contributed by atoms with Gasteiger partial charge in [0.15, 0.2) is 0 Å². The predicted octanol–water partition coefficient (Wildman–Crippen LogP) is 0.680. The molecular formula is C12H19N3O3. The van der Waals surface area contributed by atoms with E-state index in [2.05, 4.69) is 9.72 Å². The number of nitrogens with zero attached hydrogens (tertiary/aromatic N) is 2. The maximum absolute atomic E-state index is 11.2. The number of esters is 1. The number of nitrogen functional groups attached to an aromatic ring is 1. The number of hydrogen-bond acceptors (Lipinski definition) is 6. The highest BCUT2D eigenvalue weighted by atomic mass is 16.5. The highest BCUT2D eigenvalue weighted by Gasteiger charge is 2.10. The van der Waals surface area contributed by atoms with Gasteiger partial charge in [0.05, 0.1) is 20.1 Å². The van der Waals surface area contributed by atoms with E-state index < -0.39 is 0 Å². The molecular weight excluding hydrogens is 234 g/mol. The summed E-state index contributed by atoms with van der Waals surface area (Å²) in [5.74, 6) is 0.484. The summed E-state index contributed by atoms with van der Waals surface area (Å²) in [6.45, 7) is 1.72. The lowest BCUT2D eigenvalue weighted by Crippen LogP contribution is -2.30. The molecule has 100 valence electrons. The molecule has 0 radical (unpaired) electrons. The van der Waals surface area contributed by atoms with E-state index in [1.807, 2.05) is 4.90 Å². The smallest absolute Gasteiger partial charge is 0.307 e. The van der Waals surface area contributed by atoms with Crippen LogP contribution in [0.2, 0.25) is 0 Å². The van der Waals surface area contributed by atoms with Crippen molar-refractivity contribution in [2.24, 2.45) is 0 Å². The first-order valence-electron chi connectivity index (χ1n) is 5.69. The zero-order valence-electron chi connectivity index (χ0n) is 10.8. The van der Waals surface area contributed by atoms with Crippen LogP contribution in [-0.2, 0) is 14.3 Å². The molecule has 18 heavy (non-hydrogen) atoms. The quantitative estimate of drug-likeness (QED) is 0.720. The van der Waals surface area contributed by atoms with Crippen molar-refractivity contribution in [1.82, 2.24) is 4.98 Å². The second kappa shape index (κ2) is 7.50. The predicted molar refractivity (Wildman–Crippen MR) is 69.4 cm³/mol. The number of hydrogen-bond donors (Lipinski definition) is 1. The zero-order chi connectivity index (χ0) is 13.4. The first-order valence-corrected chi connectivity index (χ1v) is 5.69. The van der Waals surface area contributed by atoms with Crippen molar-refractivity contribution in [3.05, 3.63) is 18.3 Å². The summed E-state index contributed by atoms with van der Waals surface area (Å²) in [5.41, 5.74) is 6.36. The van der Waals surface area contributed by atoms with Gasteiger partial charge in [-0.1, -0.05) is 0 Å². The van der Waals surface area contributed by atoms with Crippen LogP contribution in [0.3, 0.4) is 0 Å². The molecule has 0 bridgehead atoms. The minimum atomic E-state index is -0.249. The molecule has 0 aliphatic rings. The topological polar surface area (TPSA) is 77.7 Å². The normalized spacial score (nSPS) is 10.1. The second-order valence-electron chi connectivity index (χ2n) is 3.75. The summed E-state index contributed by atoms with van der Waals surface area (Å²) in [4.78, 5) is 17.3. The molecule has 0 spiro atoms. The number of nitrogens with two attached hydrogens (primary N) is 1. The Labute approximate surface area is 107 Å². The van der Waals surface area contributed by atoms with Gasteiger partial charge < -0.3 is 20.1 Å². The van der Waals surface area contributed by atoms with Crippen LogP contribution in [0.15, 0.2) is 18.3 Å². The molecule has 0 aliphatic carbocycles. The van der Waals surface area contributed by atoms with Crippen LogP contribution in [-0.4, -0.2) is 44.9 Å². The van der Waals surface area contributed by atoms with E-state index in [1.165, 1.54) is 7.11 Å². The van der Waals surface area contributed by atoms with E-state index in [9.17, 15) is 4.79 Å². The molecule has 0 saturated carbocycles. The van der Waals surface area contributed by atoms with Crippen molar-refractivity contribution >= 4 is 17.5 Å². The fourth-order valence-corrected chi connectivity index (χ4v) is 1.48. The van der Waals surface area contributed by atoms with Gasteiger partial charge in [0.2, 0.25) is 0 Å². The third kappa shape index (κ3) is 4.58. The van der Waals surface area contributed by atoms with Gasteiger partial charge in [0, 0.05) is 38.1 Å². The standard InChI is InChI=1S/C12H19N3O3/c1-17-8-7-15(6-4-12(16)18-2)11-9-10(13)3-5-14-11/h3,5,9H,4,6-8H2,1-2H3,(H2,13,14). The number of carbonyl (C=O) groups excluding carboxylic acids is 1. The first kappa shape index (κ1) is 14.2. The molecule has 1 aromatic rings. The van der Waals surface area contributed by atoms with E-state index in [0.717, 1.165) is 5.82 Å². The van der Waals surface area contributed by atoms with Gasteiger partial charge in [0.25, 0.3) is 0 Å². The molecule has 0 aliphatic heterocycles. The van der Waals surface area contributed by atoms with Crippen LogP contribution >= 0.6 is 0 Å². The Balaban J connectivity index is 2.68. The van der Waals surface area contributed by atoms with E-state index in [-0.39, 0.29) is 5.97 Å².